The third kappa shape index (κ3) is 3.92. The summed E-state index contributed by atoms with van der Waals surface area (Å²) in [4.78, 5) is 16.5. The van der Waals surface area contributed by atoms with Crippen LogP contribution in [0.2, 0.25) is 0 Å². The second-order valence-corrected chi connectivity index (χ2v) is 7.08. The van der Waals surface area contributed by atoms with E-state index in [1.54, 1.807) is 12.1 Å². The number of aromatic nitrogens is 3. The van der Waals surface area contributed by atoms with Crippen molar-refractivity contribution in [3.05, 3.63) is 40.2 Å². The summed E-state index contributed by atoms with van der Waals surface area (Å²) in [5, 5.41) is 13.9. The van der Waals surface area contributed by atoms with Gasteiger partial charge in [-0.1, -0.05) is 0 Å². The lowest BCUT2D eigenvalue weighted by Crippen LogP contribution is -2.26. The molecule has 0 unspecified atom stereocenters. The first kappa shape index (κ1) is 17.5. The van der Waals surface area contributed by atoms with Crippen LogP contribution < -0.4 is 14.8 Å². The van der Waals surface area contributed by atoms with E-state index in [1.807, 2.05) is 25.3 Å². The molecule has 0 saturated heterocycles. The molecule has 0 aliphatic carbocycles. The van der Waals surface area contributed by atoms with Gasteiger partial charge in [0.05, 0.1) is 6.04 Å². The zero-order valence-electron chi connectivity index (χ0n) is 14.9. The molecule has 4 rings (SSSR count). The number of nitrogens with zero attached hydrogens (tertiary/aromatic N) is 3. The molecule has 8 nitrogen and oxygen atoms in total. The highest BCUT2D eigenvalue weighted by atomic mass is 32.1. The Morgan fingerprint density at radius 1 is 1.30 bits per heavy atom. The van der Waals surface area contributed by atoms with Crippen LogP contribution in [0.15, 0.2) is 28.0 Å². The fourth-order valence-electron chi connectivity index (χ4n) is 2.67. The van der Waals surface area contributed by atoms with Gasteiger partial charge < -0.3 is 19.2 Å². The number of amides is 1. The molecule has 0 radical (unpaired) electrons. The predicted molar refractivity (Wildman–Crippen MR) is 97.6 cm³/mol. The molecule has 3 aromatic rings. The monoisotopic (exact) mass is 386 g/mol. The Kier molecular flexibility index (Phi) is 4.76. The fraction of sp³-hybridized carbons (Fsp3) is 0.333. The Morgan fingerprint density at radius 2 is 2.15 bits per heavy atom. The maximum Gasteiger partial charge on any atom is 0.247 e. The van der Waals surface area contributed by atoms with Crippen molar-refractivity contribution < 1.29 is 18.7 Å². The molecule has 9 heteroatoms. The average molecular weight is 386 g/mol. The smallest absolute Gasteiger partial charge is 0.247 e. The maximum absolute atomic E-state index is 12.2. The van der Waals surface area contributed by atoms with Crippen molar-refractivity contribution in [2.24, 2.45) is 0 Å². The molecular weight excluding hydrogens is 368 g/mol. The summed E-state index contributed by atoms with van der Waals surface area (Å²) < 4.78 is 16.3. The molecule has 1 atom stereocenters. The van der Waals surface area contributed by atoms with Gasteiger partial charge in [-0.05, 0) is 32.0 Å². The van der Waals surface area contributed by atoms with E-state index in [1.165, 1.54) is 11.3 Å². The third-order valence-corrected chi connectivity index (χ3v) is 5.18. The van der Waals surface area contributed by atoms with Crippen LogP contribution in [-0.2, 0) is 11.2 Å². The molecule has 0 spiro atoms. The minimum atomic E-state index is -0.122. The van der Waals surface area contributed by atoms with Crippen LogP contribution in [0.25, 0.3) is 11.5 Å². The molecule has 1 N–H and O–H groups in total. The Morgan fingerprint density at radius 3 is 2.96 bits per heavy atom. The van der Waals surface area contributed by atoms with Gasteiger partial charge in [-0.15, -0.1) is 21.5 Å². The van der Waals surface area contributed by atoms with E-state index in [4.69, 9.17) is 13.9 Å². The Labute approximate surface area is 159 Å². The van der Waals surface area contributed by atoms with Crippen LogP contribution in [0.1, 0.15) is 36.0 Å². The summed E-state index contributed by atoms with van der Waals surface area (Å²) in [5.41, 5.74) is 1.70. The molecule has 1 amide bonds. The lowest BCUT2D eigenvalue weighted by Gasteiger charge is -2.10. The van der Waals surface area contributed by atoms with Gasteiger partial charge in [-0.2, -0.15) is 0 Å². The highest BCUT2D eigenvalue weighted by Gasteiger charge is 2.18. The molecule has 1 aromatic carbocycles. The van der Waals surface area contributed by atoms with Crippen molar-refractivity contribution in [1.82, 2.24) is 20.5 Å². The highest BCUT2D eigenvalue weighted by Crippen LogP contribution is 2.35. The zero-order chi connectivity index (χ0) is 18.8. The largest absolute Gasteiger partial charge is 0.454 e. The molecule has 0 saturated carbocycles. The molecule has 140 valence electrons. The molecule has 1 aliphatic rings. The number of hydrogen-bond donors (Lipinski definition) is 1. The van der Waals surface area contributed by atoms with Gasteiger partial charge in [0.25, 0.3) is 0 Å². The number of carbonyl (C=O) groups excluding carboxylic acids is 1. The van der Waals surface area contributed by atoms with Crippen LogP contribution in [0.4, 0.5) is 0 Å². The molecule has 2 aromatic heterocycles. The number of nitrogens with one attached hydrogen (secondary N) is 1. The quantitative estimate of drug-likeness (QED) is 0.695. The normalized spacial score (nSPS) is 13.6. The Hall–Kier alpha value is -2.94. The van der Waals surface area contributed by atoms with Crippen LogP contribution >= 0.6 is 11.3 Å². The number of benzene rings is 1. The summed E-state index contributed by atoms with van der Waals surface area (Å²) in [6.45, 7) is 4.06. The molecular formula is C18H18N4O4S. The SMILES string of the molecule is Cc1csc([C@@H](C)NC(=O)CCc2nnc(-c3ccc4c(c3)OCO4)o2)n1. The van der Waals surface area contributed by atoms with Crippen molar-refractivity contribution in [2.45, 2.75) is 32.7 Å². The fourth-order valence-corrected chi connectivity index (χ4v) is 3.47. The van der Waals surface area contributed by atoms with E-state index in [2.05, 4.69) is 20.5 Å². The molecule has 0 bridgehead atoms. The number of ether oxygens (including phenoxy) is 2. The van der Waals surface area contributed by atoms with Crippen molar-refractivity contribution in [3.63, 3.8) is 0 Å². The second-order valence-electron chi connectivity index (χ2n) is 6.19. The van der Waals surface area contributed by atoms with E-state index in [0.717, 1.165) is 16.3 Å². The van der Waals surface area contributed by atoms with Crippen molar-refractivity contribution >= 4 is 17.2 Å². The van der Waals surface area contributed by atoms with Gasteiger partial charge in [-0.25, -0.2) is 4.98 Å². The van der Waals surface area contributed by atoms with Crippen LogP contribution in [0, 0.1) is 6.92 Å². The first-order valence-corrected chi connectivity index (χ1v) is 9.40. The summed E-state index contributed by atoms with van der Waals surface area (Å²) in [6.07, 6.45) is 0.629. The average Bonchev–Trinajstić information content (AvgIpc) is 3.39. The predicted octanol–water partition coefficient (Wildman–Crippen LogP) is 3.04. The Balaban J connectivity index is 1.33. The number of hydrogen-bond acceptors (Lipinski definition) is 8. The van der Waals surface area contributed by atoms with E-state index < -0.39 is 0 Å². The van der Waals surface area contributed by atoms with Crippen molar-refractivity contribution in [1.29, 1.82) is 0 Å². The van der Waals surface area contributed by atoms with Crippen molar-refractivity contribution in [2.75, 3.05) is 6.79 Å². The molecule has 1 aliphatic heterocycles. The summed E-state index contributed by atoms with van der Waals surface area (Å²) in [7, 11) is 0. The first-order chi connectivity index (χ1) is 13.1. The van der Waals surface area contributed by atoms with E-state index in [-0.39, 0.29) is 25.2 Å². The van der Waals surface area contributed by atoms with Crippen LogP contribution in [0.3, 0.4) is 0 Å². The third-order valence-electron chi connectivity index (χ3n) is 4.04. The van der Waals surface area contributed by atoms with E-state index in [0.29, 0.717) is 29.7 Å². The molecule has 27 heavy (non-hydrogen) atoms. The van der Waals surface area contributed by atoms with Crippen LogP contribution in [0.5, 0.6) is 11.5 Å². The maximum atomic E-state index is 12.2. The zero-order valence-corrected chi connectivity index (χ0v) is 15.7. The van der Waals surface area contributed by atoms with Gasteiger partial charge in [0, 0.05) is 29.5 Å². The standard InChI is InChI=1S/C18H18N4O4S/c1-10-8-27-18(19-10)11(2)20-15(23)5-6-16-21-22-17(26-16)12-3-4-13-14(7-12)25-9-24-13/h3-4,7-8,11H,5-6,9H2,1-2H3,(H,20,23)/t11-/m1/s1. The number of fused-ring (bicyclic) bond motifs is 1. The number of aryl methyl sites for hydroxylation is 2. The molecule has 0 fully saturated rings. The second kappa shape index (κ2) is 7.36. The van der Waals surface area contributed by atoms with Gasteiger partial charge in [0.15, 0.2) is 11.5 Å². The van der Waals surface area contributed by atoms with Gasteiger partial charge >= 0.3 is 0 Å². The van der Waals surface area contributed by atoms with Gasteiger partial charge in [-0.3, -0.25) is 4.79 Å². The minimum absolute atomic E-state index is 0.0850. The minimum Gasteiger partial charge on any atom is -0.454 e. The van der Waals surface area contributed by atoms with Crippen LogP contribution in [-0.4, -0.2) is 27.9 Å². The Bertz CT molecular complexity index is 968. The summed E-state index contributed by atoms with van der Waals surface area (Å²) in [5.74, 6) is 2.06. The van der Waals surface area contributed by atoms with Gasteiger partial charge in [0.2, 0.25) is 24.5 Å². The van der Waals surface area contributed by atoms with E-state index >= 15 is 0 Å². The lowest BCUT2D eigenvalue weighted by atomic mass is 10.2. The summed E-state index contributed by atoms with van der Waals surface area (Å²) in [6, 6.07) is 5.30. The van der Waals surface area contributed by atoms with Gasteiger partial charge in [0.1, 0.15) is 5.01 Å². The van der Waals surface area contributed by atoms with E-state index in [9.17, 15) is 4.79 Å². The highest BCUT2D eigenvalue weighted by molar-refractivity contribution is 7.09. The number of thiazole rings is 1. The van der Waals surface area contributed by atoms with Crippen molar-refractivity contribution in [3.8, 4) is 23.0 Å². The topological polar surface area (TPSA) is 99.4 Å². The summed E-state index contributed by atoms with van der Waals surface area (Å²) >= 11 is 1.54. The lowest BCUT2D eigenvalue weighted by molar-refractivity contribution is -0.121. The molecule has 3 heterocycles. The number of rotatable bonds is 6. The number of carbonyl (C=O) groups is 1. The first-order valence-electron chi connectivity index (χ1n) is 8.52.